The number of carbonyl (C=O) groups is 1. The topological polar surface area (TPSA) is 122 Å². The quantitative estimate of drug-likeness (QED) is 0.345. The van der Waals surface area contributed by atoms with E-state index in [1.54, 1.807) is 69.8 Å². The normalized spacial score (nSPS) is 14.2. The highest BCUT2D eigenvalue weighted by atomic mass is 16.5. The van der Waals surface area contributed by atoms with Crippen LogP contribution in [0.5, 0.6) is 23.0 Å². The van der Waals surface area contributed by atoms with Crippen molar-refractivity contribution in [2.24, 2.45) is 0 Å². The van der Waals surface area contributed by atoms with Gasteiger partial charge in [-0.25, -0.2) is 4.68 Å². The summed E-state index contributed by atoms with van der Waals surface area (Å²) in [6.07, 6.45) is 3.22. The molecule has 39 heavy (non-hydrogen) atoms. The van der Waals surface area contributed by atoms with Crippen molar-refractivity contribution in [2.75, 3.05) is 39.1 Å². The van der Waals surface area contributed by atoms with Crippen LogP contribution < -0.4 is 29.6 Å². The van der Waals surface area contributed by atoms with Crippen molar-refractivity contribution in [1.29, 1.82) is 0 Å². The molecule has 5 rings (SSSR count). The molecule has 11 nitrogen and oxygen atoms in total. The number of fused-ring (bicyclic) bond motifs is 1. The second kappa shape index (κ2) is 10.7. The molecule has 0 saturated carbocycles. The summed E-state index contributed by atoms with van der Waals surface area (Å²) >= 11 is 0. The summed E-state index contributed by atoms with van der Waals surface area (Å²) < 4.78 is 24.1. The number of anilines is 2. The molecule has 0 radical (unpaired) electrons. The zero-order chi connectivity index (χ0) is 27.5. The number of methoxy groups -OCH3 is 4. The number of benzene rings is 2. The number of hydrogen-bond donors (Lipinski definition) is 2. The van der Waals surface area contributed by atoms with Crippen LogP contribution in [0.4, 0.5) is 11.6 Å². The summed E-state index contributed by atoms with van der Waals surface area (Å²) in [4.78, 5) is 22.7. The third-order valence-corrected chi connectivity index (χ3v) is 6.39. The lowest BCUT2D eigenvalue weighted by Crippen LogP contribution is -2.31. The maximum absolute atomic E-state index is 13.8. The Kier molecular flexibility index (Phi) is 7.04. The minimum absolute atomic E-state index is 0.338. The van der Waals surface area contributed by atoms with Gasteiger partial charge in [-0.1, -0.05) is 12.1 Å². The number of amides is 1. The van der Waals surface area contributed by atoms with Crippen molar-refractivity contribution in [3.8, 4) is 34.4 Å². The van der Waals surface area contributed by atoms with Gasteiger partial charge in [0.25, 0.3) is 5.91 Å². The third-order valence-electron chi connectivity index (χ3n) is 6.39. The van der Waals surface area contributed by atoms with E-state index in [1.165, 1.54) is 0 Å². The van der Waals surface area contributed by atoms with Gasteiger partial charge in [0.1, 0.15) is 17.5 Å². The van der Waals surface area contributed by atoms with Crippen LogP contribution in [0.3, 0.4) is 0 Å². The van der Waals surface area contributed by atoms with E-state index in [-0.39, 0.29) is 5.91 Å². The first-order valence-electron chi connectivity index (χ1n) is 12.1. The Morgan fingerprint density at radius 3 is 2.33 bits per heavy atom. The molecule has 0 spiro atoms. The molecule has 4 aromatic rings. The number of rotatable bonds is 8. The van der Waals surface area contributed by atoms with E-state index in [4.69, 9.17) is 29.0 Å². The Hall–Kier alpha value is -5.06. The molecular formula is C28H28N6O5. The SMILES string of the molecule is COc1cc(OC)c(C2C(C(=O)Nc3cccnc3)=C(C)Nc3nc(-c4ccccc4OC)nn32)cc1OC. The number of carbonyl (C=O) groups excluding carboxylic acids is 1. The maximum atomic E-state index is 13.8. The van der Waals surface area contributed by atoms with E-state index in [1.807, 2.05) is 31.2 Å². The van der Waals surface area contributed by atoms with Crippen LogP contribution in [-0.2, 0) is 4.79 Å². The van der Waals surface area contributed by atoms with Crippen LogP contribution in [0, 0.1) is 0 Å². The zero-order valence-electron chi connectivity index (χ0n) is 22.2. The molecule has 1 aliphatic heterocycles. The molecule has 0 bridgehead atoms. The fraction of sp³-hybridized carbons (Fsp3) is 0.214. The summed E-state index contributed by atoms with van der Waals surface area (Å²) in [5.41, 5.74) is 2.91. The molecule has 1 atom stereocenters. The fourth-order valence-electron chi connectivity index (χ4n) is 4.58. The van der Waals surface area contributed by atoms with Crippen molar-refractivity contribution < 1.29 is 23.7 Å². The monoisotopic (exact) mass is 528 g/mol. The third kappa shape index (κ3) is 4.70. The molecule has 2 N–H and O–H groups in total. The summed E-state index contributed by atoms with van der Waals surface area (Å²) in [5.74, 6) is 2.62. The molecule has 200 valence electrons. The number of allylic oxidation sites excluding steroid dienone is 1. The fourth-order valence-corrected chi connectivity index (χ4v) is 4.58. The summed E-state index contributed by atoms with van der Waals surface area (Å²) in [6.45, 7) is 1.82. The lowest BCUT2D eigenvalue weighted by Gasteiger charge is -2.30. The number of para-hydroxylation sites is 1. The summed E-state index contributed by atoms with van der Waals surface area (Å²) in [6, 6.07) is 13.8. The molecule has 0 aliphatic carbocycles. The minimum atomic E-state index is -0.733. The van der Waals surface area contributed by atoms with Gasteiger partial charge in [-0.15, -0.1) is 5.10 Å². The van der Waals surface area contributed by atoms with Crippen LogP contribution in [0.2, 0.25) is 0 Å². The number of ether oxygens (including phenoxy) is 4. The molecule has 0 fully saturated rings. The van der Waals surface area contributed by atoms with Gasteiger partial charge in [-0.2, -0.15) is 4.98 Å². The van der Waals surface area contributed by atoms with E-state index in [0.717, 1.165) is 0 Å². The number of aromatic nitrogens is 4. The highest BCUT2D eigenvalue weighted by molar-refractivity contribution is 6.06. The van der Waals surface area contributed by atoms with Gasteiger partial charge < -0.3 is 29.6 Å². The molecule has 3 heterocycles. The molecule has 1 aliphatic rings. The second-order valence-corrected chi connectivity index (χ2v) is 8.62. The van der Waals surface area contributed by atoms with Crippen molar-refractivity contribution in [1.82, 2.24) is 19.7 Å². The van der Waals surface area contributed by atoms with Crippen LogP contribution in [0.15, 0.2) is 72.2 Å². The number of nitrogens with zero attached hydrogens (tertiary/aromatic N) is 4. The van der Waals surface area contributed by atoms with E-state index in [9.17, 15) is 4.79 Å². The summed E-state index contributed by atoms with van der Waals surface area (Å²) in [7, 11) is 6.25. The van der Waals surface area contributed by atoms with Crippen LogP contribution in [0.25, 0.3) is 11.4 Å². The van der Waals surface area contributed by atoms with Gasteiger partial charge in [0.15, 0.2) is 17.3 Å². The average molecular weight is 529 g/mol. The number of pyridine rings is 1. The lowest BCUT2D eigenvalue weighted by atomic mass is 9.93. The highest BCUT2D eigenvalue weighted by Crippen LogP contribution is 2.44. The zero-order valence-corrected chi connectivity index (χ0v) is 22.2. The molecule has 2 aromatic heterocycles. The van der Waals surface area contributed by atoms with Gasteiger partial charge in [0.05, 0.1) is 51.5 Å². The van der Waals surface area contributed by atoms with E-state index in [0.29, 0.717) is 62.9 Å². The Morgan fingerprint density at radius 2 is 1.64 bits per heavy atom. The van der Waals surface area contributed by atoms with Gasteiger partial charge in [0.2, 0.25) is 5.95 Å². The second-order valence-electron chi connectivity index (χ2n) is 8.62. The molecule has 1 amide bonds. The van der Waals surface area contributed by atoms with Crippen molar-refractivity contribution in [3.05, 3.63) is 77.8 Å². The predicted molar refractivity (Wildman–Crippen MR) is 145 cm³/mol. The summed E-state index contributed by atoms with van der Waals surface area (Å²) in [5, 5.41) is 11.0. The van der Waals surface area contributed by atoms with Crippen molar-refractivity contribution in [2.45, 2.75) is 13.0 Å². The predicted octanol–water partition coefficient (Wildman–Crippen LogP) is 4.30. The van der Waals surface area contributed by atoms with Crippen molar-refractivity contribution in [3.63, 3.8) is 0 Å². The smallest absolute Gasteiger partial charge is 0.255 e. The Labute approximate surface area is 225 Å². The first kappa shape index (κ1) is 25.6. The number of nitrogens with one attached hydrogen (secondary N) is 2. The molecule has 0 saturated heterocycles. The largest absolute Gasteiger partial charge is 0.496 e. The van der Waals surface area contributed by atoms with Crippen LogP contribution in [-0.4, -0.2) is 54.1 Å². The van der Waals surface area contributed by atoms with Crippen LogP contribution in [0.1, 0.15) is 18.5 Å². The van der Waals surface area contributed by atoms with Crippen LogP contribution >= 0.6 is 0 Å². The first-order valence-corrected chi connectivity index (χ1v) is 12.1. The van der Waals surface area contributed by atoms with Crippen molar-refractivity contribution >= 4 is 17.5 Å². The van der Waals surface area contributed by atoms with E-state index < -0.39 is 6.04 Å². The Balaban J connectivity index is 1.71. The van der Waals surface area contributed by atoms with Gasteiger partial charge in [0, 0.05) is 23.5 Å². The maximum Gasteiger partial charge on any atom is 0.255 e. The van der Waals surface area contributed by atoms with Gasteiger partial charge in [-0.3, -0.25) is 9.78 Å². The Bertz CT molecular complexity index is 1550. The standard InChI is InChI=1S/C28H28N6O5/c1-16-24(27(35)31-17-9-8-12-29-15-17)25(19-13-22(38-4)23(39-5)14-21(19)37-3)34-28(30-16)32-26(33-34)18-10-6-7-11-20(18)36-2/h6-15,25H,1-5H3,(H,31,35)(H,30,32,33). The Morgan fingerprint density at radius 1 is 0.923 bits per heavy atom. The van der Waals surface area contributed by atoms with E-state index in [2.05, 4.69) is 15.6 Å². The molecule has 2 aromatic carbocycles. The molecule has 1 unspecified atom stereocenters. The number of hydrogen-bond acceptors (Lipinski definition) is 9. The highest BCUT2D eigenvalue weighted by Gasteiger charge is 2.37. The average Bonchev–Trinajstić information content (AvgIpc) is 3.39. The lowest BCUT2D eigenvalue weighted by molar-refractivity contribution is -0.113. The van der Waals surface area contributed by atoms with Gasteiger partial charge in [-0.05, 0) is 37.3 Å². The molecule has 11 heteroatoms. The molecular weight excluding hydrogens is 500 g/mol. The first-order chi connectivity index (χ1) is 19.0. The van der Waals surface area contributed by atoms with Gasteiger partial charge >= 0.3 is 0 Å². The minimum Gasteiger partial charge on any atom is -0.496 e. The van der Waals surface area contributed by atoms with E-state index >= 15 is 0 Å².